The van der Waals surface area contributed by atoms with Gasteiger partial charge in [0.1, 0.15) is 13.1 Å². The molecule has 4 aliphatic rings. The van der Waals surface area contributed by atoms with Crippen LogP contribution < -0.4 is 44.7 Å². The number of anilines is 2. The van der Waals surface area contributed by atoms with Gasteiger partial charge in [0.15, 0.2) is 11.4 Å². The molecule has 544 valence electrons. The quantitative estimate of drug-likeness (QED) is 0.0158. The standard InChI is InChI=1S/C43H50N2O3S.C33H42N2O6S2.C4H11N.Na.O3S/c1-6-7-8-16-29-44-36-27-25-32-19-12-14-21-34(32)40(36)42(2,3)38(44)23-10-9-11-24-39-43(4,5)41-35-22-15-13-20-33(35)26-28-37(41)45(39)30-17-18-31-49(46,47)48;1-32(2)26-16-8-10-18-28(26)34(22-12-14-24-42(36,37)38)30(32)20-6-5-7-21-31-33(3,4)27-17-9-11-19-29(27)35(31)23-13-15-25-43(39,40)41;1-3-5-4-2;;1-4(2)3/h9-15,19-28H,6-8,16-18,29-31H2,1-5H3;5-11,16-21H,12-15,22-25H2,1-4H3,(H-,36,37,38,39,40,41);5H,3-4H2,1-2H3;;/q;;;+1;/p-1. The molecular formula is C80H102N5NaO12S4. The maximum Gasteiger partial charge on any atom is 1.00 e. The molecule has 0 fully saturated rings. The SMILES string of the molecule is CC1(C)C(/C=C/C=C/C=C2/N(CCCCS(=O)(=O)[O-])c3ccccc3C2(C)C)=[N+](CCCCS(=O)(=O)[O-])c2ccccc21.CCCCCC[N+]1=C(C=CC=CC=C2N(CCCCS(=O)(=O)[O-])c3ccc4ccccc4c3C2(C)C)C(C)(C)c2c1ccc1ccccc21.CCNCC.O=S(=O)=O.[Na+]. The Kier molecular flexibility index (Phi) is 31.0. The van der Waals surface area contributed by atoms with Crippen molar-refractivity contribution >= 4 is 96.7 Å². The summed E-state index contributed by atoms with van der Waals surface area (Å²) in [6.45, 7) is 29.5. The first-order valence-corrected chi connectivity index (χ1v) is 40.9. The van der Waals surface area contributed by atoms with Gasteiger partial charge in [-0.1, -0.05) is 189 Å². The third-order valence-electron chi connectivity index (χ3n) is 19.4. The summed E-state index contributed by atoms with van der Waals surface area (Å²) >= 11 is 0. The van der Waals surface area contributed by atoms with Gasteiger partial charge < -0.3 is 28.8 Å². The molecule has 0 aromatic heterocycles. The van der Waals surface area contributed by atoms with Crippen LogP contribution in [0.5, 0.6) is 0 Å². The van der Waals surface area contributed by atoms with E-state index in [-0.39, 0.29) is 68.5 Å². The summed E-state index contributed by atoms with van der Waals surface area (Å²) in [6, 6.07) is 42.6. The number of hydrogen-bond donors (Lipinski definition) is 1. The van der Waals surface area contributed by atoms with Crippen molar-refractivity contribution in [3.8, 4) is 0 Å². The third-order valence-corrected chi connectivity index (χ3v) is 21.7. The Morgan fingerprint density at radius 2 is 0.863 bits per heavy atom. The molecule has 6 aromatic rings. The Bertz CT molecular complexity index is 4660. The second-order valence-corrected chi connectivity index (χ2v) is 33.0. The molecule has 0 saturated heterocycles. The summed E-state index contributed by atoms with van der Waals surface area (Å²) in [7, 11) is -15.8. The van der Waals surface area contributed by atoms with E-state index in [0.29, 0.717) is 58.2 Å². The van der Waals surface area contributed by atoms with Crippen LogP contribution in [0.3, 0.4) is 0 Å². The fraction of sp³-hybridized carbons (Fsp3) is 0.425. The number of allylic oxidation sites excluding steroid dienone is 12. The number of unbranched alkanes of at least 4 members (excludes halogenated alkanes) is 6. The topological polar surface area (TPSA) is 247 Å². The zero-order valence-corrected chi connectivity index (χ0v) is 66.8. The summed E-state index contributed by atoms with van der Waals surface area (Å²) in [5.41, 5.74) is 13.5. The van der Waals surface area contributed by atoms with Crippen molar-refractivity contribution < 1.29 is 90.2 Å². The zero-order chi connectivity index (χ0) is 74.0. The predicted molar refractivity (Wildman–Crippen MR) is 409 cm³/mol. The summed E-state index contributed by atoms with van der Waals surface area (Å²) in [5, 5.41) is 8.16. The van der Waals surface area contributed by atoms with Crippen molar-refractivity contribution in [1.29, 1.82) is 0 Å². The molecule has 0 atom stereocenters. The van der Waals surface area contributed by atoms with Gasteiger partial charge in [-0.05, 0) is 142 Å². The first kappa shape index (κ1) is 84.5. The molecule has 1 N–H and O–H groups in total. The molecule has 4 heterocycles. The Hall–Kier alpha value is -6.47. The number of hydrogen-bond acceptors (Lipinski definition) is 15. The first-order valence-electron chi connectivity index (χ1n) is 35.2. The summed E-state index contributed by atoms with van der Waals surface area (Å²) < 4.78 is 130. The molecule has 10 rings (SSSR count). The molecule has 0 saturated carbocycles. The monoisotopic (exact) mass is 1480 g/mol. The van der Waals surface area contributed by atoms with Crippen molar-refractivity contribution in [3.63, 3.8) is 0 Å². The molecule has 22 heteroatoms. The number of benzene rings is 6. The number of nitrogens with one attached hydrogen (secondary N) is 1. The molecule has 0 bridgehead atoms. The van der Waals surface area contributed by atoms with E-state index in [1.165, 1.54) is 80.2 Å². The number of rotatable bonds is 28. The van der Waals surface area contributed by atoms with Crippen LogP contribution in [0.25, 0.3) is 21.5 Å². The molecule has 0 unspecified atom stereocenters. The fourth-order valence-electron chi connectivity index (χ4n) is 14.6. The van der Waals surface area contributed by atoms with E-state index in [1.807, 2.05) is 42.5 Å². The Balaban J connectivity index is 0.000000286. The van der Waals surface area contributed by atoms with E-state index >= 15 is 0 Å². The number of para-hydroxylation sites is 2. The maximum absolute atomic E-state index is 11.3. The van der Waals surface area contributed by atoms with Crippen LogP contribution in [0.15, 0.2) is 193 Å². The smallest absolute Gasteiger partial charge is 0.748 e. The van der Waals surface area contributed by atoms with Gasteiger partial charge in [0, 0.05) is 112 Å². The number of fused-ring (bicyclic) bond motifs is 8. The van der Waals surface area contributed by atoms with E-state index in [4.69, 9.17) is 12.6 Å². The van der Waals surface area contributed by atoms with Gasteiger partial charge in [-0.15, -0.1) is 12.6 Å². The van der Waals surface area contributed by atoms with Gasteiger partial charge in [0.25, 0.3) is 0 Å². The second kappa shape index (κ2) is 37.5. The summed E-state index contributed by atoms with van der Waals surface area (Å²) in [5.74, 6) is -1.05. The van der Waals surface area contributed by atoms with Crippen LogP contribution in [0, 0.1) is 0 Å². The summed E-state index contributed by atoms with van der Waals surface area (Å²) in [6.07, 6.45) is 28.8. The van der Waals surface area contributed by atoms with Crippen molar-refractivity contribution in [2.45, 2.75) is 162 Å². The third kappa shape index (κ3) is 21.8. The Morgan fingerprint density at radius 3 is 1.38 bits per heavy atom. The second-order valence-electron chi connectivity index (χ2n) is 28.0. The zero-order valence-electron chi connectivity index (χ0n) is 61.6. The van der Waals surface area contributed by atoms with Gasteiger partial charge in [-0.2, -0.15) is 9.15 Å². The predicted octanol–water partition coefficient (Wildman–Crippen LogP) is 12.2. The molecule has 0 aliphatic carbocycles. The van der Waals surface area contributed by atoms with Crippen LogP contribution >= 0.6 is 0 Å². The fourth-order valence-corrected chi connectivity index (χ4v) is 16.3. The Labute approximate surface area is 631 Å². The van der Waals surface area contributed by atoms with Crippen molar-refractivity contribution in [2.24, 2.45) is 0 Å². The average Bonchev–Trinajstić information content (AvgIpc) is 1.59. The average molecular weight is 1480 g/mol. The normalized spacial score (nSPS) is 17.1. The van der Waals surface area contributed by atoms with Crippen LogP contribution in [0.2, 0.25) is 0 Å². The molecule has 6 aromatic carbocycles. The molecule has 17 nitrogen and oxygen atoms in total. The summed E-state index contributed by atoms with van der Waals surface area (Å²) in [4.78, 5) is 4.54. The van der Waals surface area contributed by atoms with Gasteiger partial charge in [0.05, 0.1) is 41.2 Å². The van der Waals surface area contributed by atoms with Gasteiger partial charge in [0.2, 0.25) is 11.4 Å². The van der Waals surface area contributed by atoms with Crippen molar-refractivity contribution in [2.75, 3.05) is 66.3 Å². The minimum absolute atomic E-state index is 0. The van der Waals surface area contributed by atoms with E-state index in [0.717, 1.165) is 54.5 Å². The molecule has 4 aliphatic heterocycles. The first-order chi connectivity index (χ1) is 47.7. The maximum atomic E-state index is 11.3. The number of nitrogens with zero attached hydrogens (tertiary/aromatic N) is 4. The van der Waals surface area contributed by atoms with Crippen LogP contribution in [-0.2, 0) is 62.6 Å². The minimum atomic E-state index is -4.23. The molecule has 102 heavy (non-hydrogen) atoms. The van der Waals surface area contributed by atoms with Gasteiger partial charge in [-0.25, -0.2) is 25.3 Å². The van der Waals surface area contributed by atoms with Gasteiger partial charge >= 0.3 is 40.2 Å². The molecule has 0 amide bonds. The molecule has 0 radical (unpaired) electrons. The van der Waals surface area contributed by atoms with Crippen LogP contribution in [0.1, 0.15) is 163 Å². The minimum Gasteiger partial charge on any atom is -0.748 e. The van der Waals surface area contributed by atoms with Crippen LogP contribution in [0.4, 0.5) is 22.7 Å². The van der Waals surface area contributed by atoms with Crippen LogP contribution in [-0.4, -0.2) is 129 Å². The molecule has 0 spiro atoms. The largest absolute Gasteiger partial charge is 1.00 e. The van der Waals surface area contributed by atoms with Crippen molar-refractivity contribution in [3.05, 3.63) is 216 Å². The Morgan fingerprint density at radius 1 is 0.431 bits per heavy atom. The van der Waals surface area contributed by atoms with E-state index < -0.39 is 41.0 Å². The van der Waals surface area contributed by atoms with Crippen molar-refractivity contribution in [1.82, 2.24) is 5.32 Å². The molecular weight excluding hydrogens is 1370 g/mol. The van der Waals surface area contributed by atoms with E-state index in [1.54, 1.807) is 0 Å². The van der Waals surface area contributed by atoms with E-state index in [9.17, 15) is 38.9 Å². The van der Waals surface area contributed by atoms with E-state index in [2.05, 4.69) is 240 Å². The van der Waals surface area contributed by atoms with Gasteiger partial charge in [-0.3, -0.25) is 0 Å².